The zero-order valence-electron chi connectivity index (χ0n) is 15.3. The number of hydrogen-bond acceptors (Lipinski definition) is 3. The van der Waals surface area contributed by atoms with Crippen molar-refractivity contribution in [1.29, 1.82) is 0 Å². The van der Waals surface area contributed by atoms with Crippen LogP contribution in [-0.4, -0.2) is 24.5 Å². The summed E-state index contributed by atoms with van der Waals surface area (Å²) in [6, 6.07) is 5.70. The summed E-state index contributed by atoms with van der Waals surface area (Å²) in [5, 5.41) is 2.92. The number of ether oxygens (including phenoxy) is 1. The Hall–Kier alpha value is -1.91. The van der Waals surface area contributed by atoms with Crippen LogP contribution in [0.15, 0.2) is 24.3 Å². The van der Waals surface area contributed by atoms with E-state index in [2.05, 4.69) is 26.1 Å². The summed E-state index contributed by atoms with van der Waals surface area (Å²) in [7, 11) is 0. The molecule has 25 heavy (non-hydrogen) atoms. The molecule has 0 spiro atoms. The lowest BCUT2D eigenvalue weighted by Gasteiger charge is -2.39. The van der Waals surface area contributed by atoms with Gasteiger partial charge in [-0.15, -0.1) is 0 Å². The number of rotatable bonds is 6. The Kier molecular flexibility index (Phi) is 6.57. The van der Waals surface area contributed by atoms with Gasteiger partial charge in [0.15, 0.2) is 6.61 Å². The highest BCUT2D eigenvalue weighted by Crippen LogP contribution is 2.40. The number of halogens is 1. The van der Waals surface area contributed by atoms with Gasteiger partial charge in [0.1, 0.15) is 5.82 Å². The first-order chi connectivity index (χ1) is 11.8. The first-order valence-corrected chi connectivity index (χ1v) is 9.04. The normalized spacial score (nSPS) is 20.8. The number of hydrogen-bond donors (Lipinski definition) is 1. The smallest absolute Gasteiger partial charge is 0.341 e. The Bertz CT molecular complexity index is 607. The maximum atomic E-state index is 13.5. The fourth-order valence-electron chi connectivity index (χ4n) is 3.41. The average Bonchev–Trinajstić information content (AvgIpc) is 2.60. The SMILES string of the molecule is CCC(C)(C)C1CCC(NC(=O)COC(=O)c2ccccc2F)CC1. The number of nitrogens with one attached hydrogen (secondary N) is 1. The van der Waals surface area contributed by atoms with Crippen LogP contribution in [0.25, 0.3) is 0 Å². The molecule has 2 rings (SSSR count). The summed E-state index contributed by atoms with van der Waals surface area (Å²) in [4.78, 5) is 23.8. The van der Waals surface area contributed by atoms with E-state index in [9.17, 15) is 14.0 Å². The van der Waals surface area contributed by atoms with Crippen LogP contribution in [0.1, 0.15) is 63.2 Å². The van der Waals surface area contributed by atoms with Crippen molar-refractivity contribution in [2.75, 3.05) is 6.61 Å². The molecule has 4 nitrogen and oxygen atoms in total. The lowest BCUT2D eigenvalue weighted by Crippen LogP contribution is -2.41. The van der Waals surface area contributed by atoms with Gasteiger partial charge in [-0.25, -0.2) is 9.18 Å². The van der Waals surface area contributed by atoms with Crippen LogP contribution in [-0.2, 0) is 9.53 Å². The van der Waals surface area contributed by atoms with Crippen LogP contribution in [0.5, 0.6) is 0 Å². The third-order valence-corrected chi connectivity index (χ3v) is 5.54. The standard InChI is InChI=1S/C20H28FNO3/c1-4-20(2,3)14-9-11-15(12-10-14)22-18(23)13-25-19(24)16-7-5-6-8-17(16)21/h5-8,14-15H,4,9-13H2,1-3H3,(H,22,23). The van der Waals surface area contributed by atoms with Crippen molar-refractivity contribution in [1.82, 2.24) is 5.32 Å². The van der Waals surface area contributed by atoms with Crippen LogP contribution in [0.4, 0.5) is 4.39 Å². The molecule has 0 unspecified atom stereocenters. The summed E-state index contributed by atoms with van der Waals surface area (Å²) >= 11 is 0. The predicted octanol–water partition coefficient (Wildman–Crippen LogP) is 4.09. The minimum absolute atomic E-state index is 0.128. The highest BCUT2D eigenvalue weighted by Gasteiger charge is 2.32. The molecule has 0 aromatic heterocycles. The maximum absolute atomic E-state index is 13.5. The van der Waals surface area contributed by atoms with E-state index in [-0.39, 0.29) is 24.1 Å². The maximum Gasteiger partial charge on any atom is 0.341 e. The summed E-state index contributed by atoms with van der Waals surface area (Å²) in [6.45, 7) is 6.45. The van der Waals surface area contributed by atoms with E-state index < -0.39 is 11.8 Å². The van der Waals surface area contributed by atoms with E-state index in [1.807, 2.05) is 0 Å². The highest BCUT2D eigenvalue weighted by molar-refractivity contribution is 5.91. The molecular weight excluding hydrogens is 321 g/mol. The zero-order valence-corrected chi connectivity index (χ0v) is 15.3. The van der Waals surface area contributed by atoms with Gasteiger partial charge >= 0.3 is 5.97 Å². The molecule has 1 aromatic rings. The second-order valence-corrected chi connectivity index (χ2v) is 7.51. The van der Waals surface area contributed by atoms with Gasteiger partial charge in [0.2, 0.25) is 0 Å². The minimum atomic E-state index is -0.818. The van der Waals surface area contributed by atoms with Crippen molar-refractivity contribution < 1.29 is 18.7 Å². The molecule has 0 atom stereocenters. The van der Waals surface area contributed by atoms with Crippen molar-refractivity contribution >= 4 is 11.9 Å². The summed E-state index contributed by atoms with van der Waals surface area (Å²) in [5.41, 5.74) is 0.183. The molecule has 1 amide bonds. The average molecular weight is 349 g/mol. The van der Waals surface area contributed by atoms with Crippen LogP contribution < -0.4 is 5.32 Å². The second kappa shape index (κ2) is 8.45. The molecule has 0 heterocycles. The third-order valence-electron chi connectivity index (χ3n) is 5.54. The highest BCUT2D eigenvalue weighted by atomic mass is 19.1. The first-order valence-electron chi connectivity index (χ1n) is 9.04. The molecule has 1 saturated carbocycles. The van der Waals surface area contributed by atoms with Crippen molar-refractivity contribution in [2.45, 2.75) is 58.9 Å². The van der Waals surface area contributed by atoms with E-state index in [0.29, 0.717) is 11.3 Å². The molecule has 5 heteroatoms. The number of amides is 1. The molecular formula is C20H28FNO3. The molecule has 0 bridgehead atoms. The van der Waals surface area contributed by atoms with Gasteiger partial charge in [-0.1, -0.05) is 39.3 Å². The molecule has 1 aromatic carbocycles. The summed E-state index contributed by atoms with van der Waals surface area (Å²) in [6.07, 6.45) is 5.24. The monoisotopic (exact) mass is 349 g/mol. The van der Waals surface area contributed by atoms with Gasteiger partial charge in [0, 0.05) is 6.04 Å². The second-order valence-electron chi connectivity index (χ2n) is 7.51. The largest absolute Gasteiger partial charge is 0.452 e. The van der Waals surface area contributed by atoms with Gasteiger partial charge in [0.05, 0.1) is 5.56 Å². The fraction of sp³-hybridized carbons (Fsp3) is 0.600. The van der Waals surface area contributed by atoms with Crippen LogP contribution in [0, 0.1) is 17.2 Å². The lowest BCUT2D eigenvalue weighted by molar-refractivity contribution is -0.125. The van der Waals surface area contributed by atoms with Gasteiger partial charge in [-0.05, 0) is 49.1 Å². The Morgan fingerprint density at radius 3 is 2.44 bits per heavy atom. The summed E-state index contributed by atoms with van der Waals surface area (Å²) in [5.74, 6) is -1.11. The predicted molar refractivity (Wildman–Crippen MR) is 94.6 cm³/mol. The molecule has 0 radical (unpaired) electrons. The van der Waals surface area contributed by atoms with Crippen LogP contribution in [0.3, 0.4) is 0 Å². The van der Waals surface area contributed by atoms with E-state index >= 15 is 0 Å². The minimum Gasteiger partial charge on any atom is -0.452 e. The van der Waals surface area contributed by atoms with Gasteiger partial charge in [-0.2, -0.15) is 0 Å². The van der Waals surface area contributed by atoms with E-state index in [0.717, 1.165) is 32.1 Å². The number of esters is 1. The molecule has 1 aliphatic carbocycles. The van der Waals surface area contributed by atoms with E-state index in [1.54, 1.807) is 6.07 Å². The van der Waals surface area contributed by atoms with Gasteiger partial charge in [0.25, 0.3) is 5.91 Å². The number of carbonyl (C=O) groups is 2. The lowest BCUT2D eigenvalue weighted by atomic mass is 9.69. The quantitative estimate of drug-likeness (QED) is 0.787. The molecule has 138 valence electrons. The molecule has 0 aliphatic heterocycles. The first kappa shape index (κ1) is 19.4. The van der Waals surface area contributed by atoms with E-state index in [1.165, 1.54) is 18.2 Å². The Morgan fingerprint density at radius 2 is 1.84 bits per heavy atom. The van der Waals surface area contributed by atoms with Crippen molar-refractivity contribution in [3.63, 3.8) is 0 Å². The van der Waals surface area contributed by atoms with Crippen LogP contribution >= 0.6 is 0 Å². The Labute approximate surface area is 149 Å². The third kappa shape index (κ3) is 5.28. The topological polar surface area (TPSA) is 55.4 Å². The molecule has 1 aliphatic rings. The van der Waals surface area contributed by atoms with Crippen LogP contribution in [0.2, 0.25) is 0 Å². The number of carbonyl (C=O) groups excluding carboxylic acids is 2. The Morgan fingerprint density at radius 1 is 1.20 bits per heavy atom. The zero-order chi connectivity index (χ0) is 18.4. The molecule has 0 saturated heterocycles. The van der Waals surface area contributed by atoms with E-state index in [4.69, 9.17) is 4.74 Å². The van der Waals surface area contributed by atoms with Gasteiger partial charge < -0.3 is 10.1 Å². The van der Waals surface area contributed by atoms with Crippen molar-refractivity contribution in [3.05, 3.63) is 35.6 Å². The molecule has 1 fully saturated rings. The summed E-state index contributed by atoms with van der Waals surface area (Å²) < 4.78 is 18.4. The number of benzene rings is 1. The molecule has 1 N–H and O–H groups in total. The van der Waals surface area contributed by atoms with Crippen molar-refractivity contribution in [3.8, 4) is 0 Å². The fourth-order valence-corrected chi connectivity index (χ4v) is 3.41. The van der Waals surface area contributed by atoms with Gasteiger partial charge in [-0.3, -0.25) is 4.79 Å². The van der Waals surface area contributed by atoms with Crippen molar-refractivity contribution in [2.24, 2.45) is 11.3 Å². The Balaban J connectivity index is 1.75.